The molecule has 1 atom stereocenters. The second-order valence-electron chi connectivity index (χ2n) is 4.43. The molecule has 22 heavy (non-hydrogen) atoms. The van der Waals surface area contributed by atoms with Gasteiger partial charge in [-0.05, 0) is 75.2 Å². The zero-order valence-electron chi connectivity index (χ0n) is 11.5. The highest BCUT2D eigenvalue weighted by Crippen LogP contribution is 2.31. The van der Waals surface area contributed by atoms with Gasteiger partial charge in [-0.1, -0.05) is 13.0 Å². The van der Waals surface area contributed by atoms with Crippen molar-refractivity contribution in [2.75, 3.05) is 0 Å². The van der Waals surface area contributed by atoms with Crippen LogP contribution in [0.2, 0.25) is 0 Å². The summed E-state index contributed by atoms with van der Waals surface area (Å²) in [4.78, 5) is 24.2. The van der Waals surface area contributed by atoms with Crippen LogP contribution in [0.4, 0.5) is 0 Å². The summed E-state index contributed by atoms with van der Waals surface area (Å²) in [6.07, 6.45) is -0.516. The number of ether oxygens (including phenoxy) is 1. The summed E-state index contributed by atoms with van der Waals surface area (Å²) in [6.45, 7) is 1.76. The Bertz CT molecular complexity index is 675. The maximum absolute atomic E-state index is 12.4. The first-order chi connectivity index (χ1) is 10.4. The number of carbonyl (C=O) groups is 2. The largest absolute Gasteiger partial charge is 0.479 e. The molecule has 0 radical (unpaired) electrons. The summed E-state index contributed by atoms with van der Waals surface area (Å²) >= 11 is 5.53. The van der Waals surface area contributed by atoms with Crippen LogP contribution in [0.15, 0.2) is 29.6 Å². The lowest BCUT2D eigenvalue weighted by Crippen LogP contribution is -2.26. The average Bonchev–Trinajstić information content (AvgIpc) is 2.99. The first kappa shape index (κ1) is 17.7. The van der Waals surface area contributed by atoms with Gasteiger partial charge >= 0.3 is 5.97 Å². The van der Waals surface area contributed by atoms with Crippen molar-refractivity contribution in [2.24, 2.45) is 0 Å². The number of thiophene rings is 1. The van der Waals surface area contributed by atoms with Gasteiger partial charge in [0.1, 0.15) is 5.75 Å². The molecule has 0 amide bonds. The zero-order chi connectivity index (χ0) is 16.3. The number of carboxylic acids is 1. The van der Waals surface area contributed by atoms with E-state index in [1.54, 1.807) is 25.1 Å². The van der Waals surface area contributed by atoms with Crippen molar-refractivity contribution >= 4 is 68.3 Å². The highest BCUT2D eigenvalue weighted by atomic mass is 127. The first-order valence-corrected chi connectivity index (χ1v) is 9.44. The van der Waals surface area contributed by atoms with Crippen molar-refractivity contribution in [3.63, 3.8) is 0 Å². The molecule has 0 bridgehead atoms. The molecule has 0 aliphatic heterocycles. The van der Waals surface area contributed by atoms with E-state index in [4.69, 9.17) is 9.84 Å². The molecule has 0 spiro atoms. The van der Waals surface area contributed by atoms with Crippen LogP contribution in [0.25, 0.3) is 0 Å². The topological polar surface area (TPSA) is 63.6 Å². The van der Waals surface area contributed by atoms with Gasteiger partial charge in [-0.25, -0.2) is 4.79 Å². The Morgan fingerprint density at radius 3 is 2.41 bits per heavy atom. The molecule has 4 nitrogen and oxygen atoms in total. The van der Waals surface area contributed by atoms with Crippen LogP contribution in [0.1, 0.15) is 28.6 Å². The second kappa shape index (κ2) is 7.73. The predicted molar refractivity (Wildman–Crippen MR) is 102 cm³/mol. The molecular formula is C15H12I2O4S. The Morgan fingerprint density at radius 2 is 1.95 bits per heavy atom. The quantitative estimate of drug-likeness (QED) is 0.434. The fourth-order valence-corrected chi connectivity index (χ4v) is 4.51. The van der Waals surface area contributed by atoms with E-state index in [-0.39, 0.29) is 5.78 Å². The smallest absolute Gasteiger partial charge is 0.344 e. The Labute approximate surface area is 159 Å². The number of hydrogen-bond donors (Lipinski definition) is 1. The van der Waals surface area contributed by atoms with Crippen molar-refractivity contribution in [1.29, 1.82) is 0 Å². The van der Waals surface area contributed by atoms with Crippen LogP contribution in [-0.4, -0.2) is 23.0 Å². The molecule has 0 fully saturated rings. The number of rotatable bonds is 6. The van der Waals surface area contributed by atoms with Crippen molar-refractivity contribution in [1.82, 2.24) is 0 Å². The number of aliphatic carboxylic acids is 1. The molecule has 116 valence electrons. The van der Waals surface area contributed by atoms with Gasteiger partial charge in [0.25, 0.3) is 0 Å². The van der Waals surface area contributed by atoms with Crippen molar-refractivity contribution in [2.45, 2.75) is 19.4 Å². The standard InChI is InChI=1S/C15H12I2O4S/c1-2-11(15(19)20)21-14-9(16)6-8(7-10(14)17)13(18)12-4-3-5-22-12/h3-7,11H,2H2,1H3,(H,19,20). The average molecular weight is 542 g/mol. The number of carbonyl (C=O) groups excluding carboxylic acids is 1. The molecule has 1 aromatic heterocycles. The summed E-state index contributed by atoms with van der Waals surface area (Å²) in [5.41, 5.74) is 0.576. The molecule has 1 unspecified atom stereocenters. The van der Waals surface area contributed by atoms with Gasteiger partial charge in [0.2, 0.25) is 5.78 Å². The number of benzene rings is 1. The van der Waals surface area contributed by atoms with Crippen molar-refractivity contribution in [3.8, 4) is 5.75 Å². The number of ketones is 1. The Balaban J connectivity index is 2.33. The lowest BCUT2D eigenvalue weighted by atomic mass is 10.1. The van der Waals surface area contributed by atoms with Crippen LogP contribution < -0.4 is 4.74 Å². The summed E-state index contributed by atoms with van der Waals surface area (Å²) in [6, 6.07) is 7.09. The molecule has 0 aliphatic carbocycles. The third kappa shape index (κ3) is 3.99. The maximum atomic E-state index is 12.4. The van der Waals surface area contributed by atoms with Gasteiger partial charge in [-0.15, -0.1) is 11.3 Å². The molecule has 2 rings (SSSR count). The zero-order valence-corrected chi connectivity index (χ0v) is 16.6. The monoisotopic (exact) mass is 542 g/mol. The normalized spacial score (nSPS) is 12.0. The van der Waals surface area contributed by atoms with Crippen LogP contribution >= 0.6 is 56.5 Å². The van der Waals surface area contributed by atoms with Gasteiger partial charge in [-0.2, -0.15) is 0 Å². The van der Waals surface area contributed by atoms with E-state index in [9.17, 15) is 9.59 Å². The molecule has 0 aliphatic rings. The second-order valence-corrected chi connectivity index (χ2v) is 7.70. The summed E-state index contributed by atoms with van der Waals surface area (Å²) < 4.78 is 7.04. The molecule has 2 aromatic rings. The van der Waals surface area contributed by atoms with E-state index < -0.39 is 12.1 Å². The Kier molecular flexibility index (Phi) is 6.21. The minimum absolute atomic E-state index is 0.0392. The van der Waals surface area contributed by atoms with Crippen LogP contribution in [0.5, 0.6) is 5.75 Å². The first-order valence-electron chi connectivity index (χ1n) is 6.40. The molecule has 1 aromatic carbocycles. The highest BCUT2D eigenvalue weighted by molar-refractivity contribution is 14.1. The van der Waals surface area contributed by atoms with Crippen LogP contribution in [-0.2, 0) is 4.79 Å². The summed E-state index contributed by atoms with van der Waals surface area (Å²) in [5, 5.41) is 11.0. The van der Waals surface area contributed by atoms with Gasteiger partial charge in [0.15, 0.2) is 6.10 Å². The van der Waals surface area contributed by atoms with Gasteiger partial charge in [-0.3, -0.25) is 4.79 Å². The Morgan fingerprint density at radius 1 is 1.32 bits per heavy atom. The molecule has 1 heterocycles. The van der Waals surface area contributed by atoms with E-state index in [1.807, 2.05) is 11.4 Å². The molecule has 0 saturated carbocycles. The predicted octanol–water partition coefficient (Wildman–Crippen LogP) is 4.43. The number of hydrogen-bond acceptors (Lipinski definition) is 4. The van der Waals surface area contributed by atoms with Crippen LogP contribution in [0.3, 0.4) is 0 Å². The van der Waals surface area contributed by atoms with E-state index in [2.05, 4.69) is 45.2 Å². The highest BCUT2D eigenvalue weighted by Gasteiger charge is 2.21. The number of halogens is 2. The minimum atomic E-state index is -0.993. The molecule has 1 N–H and O–H groups in total. The molecule has 0 saturated heterocycles. The lowest BCUT2D eigenvalue weighted by molar-refractivity contribution is -0.145. The summed E-state index contributed by atoms with van der Waals surface area (Å²) in [7, 11) is 0. The SMILES string of the molecule is CCC(Oc1c(I)cc(C(=O)c2cccs2)cc1I)C(=O)O. The fourth-order valence-electron chi connectivity index (χ4n) is 1.80. The van der Waals surface area contributed by atoms with Crippen molar-refractivity contribution < 1.29 is 19.4 Å². The third-order valence-electron chi connectivity index (χ3n) is 2.91. The van der Waals surface area contributed by atoms with Gasteiger partial charge in [0.05, 0.1) is 12.0 Å². The molecular weight excluding hydrogens is 530 g/mol. The van der Waals surface area contributed by atoms with E-state index in [1.165, 1.54) is 11.3 Å². The van der Waals surface area contributed by atoms with E-state index in [0.717, 1.165) is 7.14 Å². The van der Waals surface area contributed by atoms with Gasteiger partial charge < -0.3 is 9.84 Å². The van der Waals surface area contributed by atoms with Crippen LogP contribution in [0, 0.1) is 7.14 Å². The van der Waals surface area contributed by atoms with E-state index >= 15 is 0 Å². The lowest BCUT2D eigenvalue weighted by Gasteiger charge is -2.16. The summed E-state index contributed by atoms with van der Waals surface area (Å²) in [5.74, 6) is -0.520. The van der Waals surface area contributed by atoms with Crippen molar-refractivity contribution in [3.05, 3.63) is 47.2 Å². The molecule has 7 heteroatoms. The minimum Gasteiger partial charge on any atom is -0.479 e. The fraction of sp³-hybridized carbons (Fsp3) is 0.200. The van der Waals surface area contributed by atoms with E-state index in [0.29, 0.717) is 22.6 Å². The number of carboxylic acid groups (broad SMARTS) is 1. The maximum Gasteiger partial charge on any atom is 0.344 e. The van der Waals surface area contributed by atoms with Gasteiger partial charge in [0, 0.05) is 5.56 Å². The Hall–Kier alpha value is -0.680. The third-order valence-corrected chi connectivity index (χ3v) is 5.38.